The fourth-order valence-electron chi connectivity index (χ4n) is 3.27. The van der Waals surface area contributed by atoms with Gasteiger partial charge in [0.25, 0.3) is 0 Å². The first-order valence-corrected chi connectivity index (χ1v) is 8.92. The molecule has 3 aromatic heterocycles. The smallest absolute Gasteiger partial charge is 0.235 e. The number of hydrogen-bond donors (Lipinski definition) is 2. The van der Waals surface area contributed by atoms with Crippen LogP contribution in [0, 0.1) is 0 Å². The Morgan fingerprint density at radius 2 is 1.96 bits per heavy atom. The molecule has 0 aliphatic heterocycles. The average Bonchev–Trinajstić information content (AvgIpc) is 3.34. The van der Waals surface area contributed by atoms with Crippen LogP contribution in [-0.4, -0.2) is 31.8 Å². The molecule has 0 amide bonds. The molecule has 5 rings (SSSR count). The molecule has 0 saturated carbocycles. The number of nitrogens with one attached hydrogen (secondary N) is 2. The summed E-state index contributed by atoms with van der Waals surface area (Å²) >= 11 is 0. The minimum absolute atomic E-state index is 0.595. The van der Waals surface area contributed by atoms with Crippen molar-refractivity contribution in [1.29, 1.82) is 0 Å². The number of aromatic nitrogens is 5. The molecular weight excluding hydrogens is 352 g/mol. The van der Waals surface area contributed by atoms with E-state index in [1.807, 2.05) is 41.2 Å². The fourth-order valence-corrected chi connectivity index (χ4v) is 3.27. The molecule has 0 saturated heterocycles. The van der Waals surface area contributed by atoms with Crippen LogP contribution in [-0.2, 0) is 11.3 Å². The van der Waals surface area contributed by atoms with E-state index in [1.165, 1.54) is 0 Å². The lowest BCUT2D eigenvalue weighted by molar-refractivity contribution is 0.185. The number of ether oxygens (including phenoxy) is 1. The summed E-state index contributed by atoms with van der Waals surface area (Å²) in [6.45, 7) is 0.595. The molecule has 7 nitrogen and oxygen atoms in total. The SMILES string of the molecule is COCc1ccc2cn(-c3nccc(Nc4ccc5[nH]ncc5c4)n3)cc2c1. The Balaban J connectivity index is 1.45. The van der Waals surface area contributed by atoms with Crippen LogP contribution >= 0.6 is 0 Å². The highest BCUT2D eigenvalue weighted by molar-refractivity contribution is 5.84. The first-order valence-electron chi connectivity index (χ1n) is 8.92. The number of benzene rings is 2. The van der Waals surface area contributed by atoms with E-state index in [2.05, 4.69) is 43.7 Å². The van der Waals surface area contributed by atoms with Crippen LogP contribution in [0.3, 0.4) is 0 Å². The lowest BCUT2D eigenvalue weighted by atomic mass is 10.1. The van der Waals surface area contributed by atoms with Crippen molar-refractivity contribution in [3.63, 3.8) is 0 Å². The molecule has 0 radical (unpaired) electrons. The van der Waals surface area contributed by atoms with Crippen molar-refractivity contribution in [2.75, 3.05) is 12.4 Å². The van der Waals surface area contributed by atoms with Crippen LogP contribution in [0.2, 0.25) is 0 Å². The van der Waals surface area contributed by atoms with Gasteiger partial charge in [-0.25, -0.2) is 4.98 Å². The predicted molar refractivity (Wildman–Crippen MR) is 109 cm³/mol. The maximum absolute atomic E-state index is 5.22. The maximum atomic E-state index is 5.22. The number of nitrogens with zero attached hydrogens (tertiary/aromatic N) is 4. The first-order chi connectivity index (χ1) is 13.8. The van der Waals surface area contributed by atoms with E-state index in [0.29, 0.717) is 12.6 Å². The van der Waals surface area contributed by atoms with Gasteiger partial charge in [-0.1, -0.05) is 12.1 Å². The van der Waals surface area contributed by atoms with Crippen molar-refractivity contribution in [2.24, 2.45) is 0 Å². The molecule has 0 spiro atoms. The second kappa shape index (κ2) is 6.79. The highest BCUT2D eigenvalue weighted by atomic mass is 16.5. The Bertz CT molecular complexity index is 1270. The maximum Gasteiger partial charge on any atom is 0.235 e. The number of H-pyrrole nitrogens is 1. The van der Waals surface area contributed by atoms with Crippen LogP contribution in [0.5, 0.6) is 0 Å². The minimum Gasteiger partial charge on any atom is -0.380 e. The quantitative estimate of drug-likeness (QED) is 0.485. The molecule has 2 aromatic carbocycles. The Morgan fingerprint density at radius 1 is 1.04 bits per heavy atom. The number of rotatable bonds is 5. The van der Waals surface area contributed by atoms with Gasteiger partial charge in [-0.05, 0) is 41.3 Å². The van der Waals surface area contributed by atoms with Crippen molar-refractivity contribution < 1.29 is 4.74 Å². The van der Waals surface area contributed by atoms with Gasteiger partial charge >= 0.3 is 0 Å². The molecule has 0 unspecified atom stereocenters. The van der Waals surface area contributed by atoms with Crippen molar-refractivity contribution in [3.05, 3.63) is 72.8 Å². The van der Waals surface area contributed by atoms with Gasteiger partial charge in [0.05, 0.1) is 18.3 Å². The van der Waals surface area contributed by atoms with Gasteiger partial charge in [-0.2, -0.15) is 10.1 Å². The fraction of sp³-hybridized carbons (Fsp3) is 0.0952. The molecule has 0 bridgehead atoms. The van der Waals surface area contributed by atoms with Crippen LogP contribution in [0.25, 0.3) is 27.6 Å². The highest BCUT2D eigenvalue weighted by Crippen LogP contribution is 2.22. The average molecular weight is 370 g/mol. The predicted octanol–water partition coefficient (Wildman–Crippen LogP) is 4.19. The third-order valence-electron chi connectivity index (χ3n) is 4.60. The second-order valence-corrected chi connectivity index (χ2v) is 6.60. The molecule has 3 heterocycles. The van der Waals surface area contributed by atoms with Gasteiger partial charge in [-0.3, -0.25) is 9.67 Å². The molecule has 138 valence electrons. The molecule has 2 N–H and O–H groups in total. The van der Waals surface area contributed by atoms with Crippen LogP contribution < -0.4 is 5.32 Å². The van der Waals surface area contributed by atoms with Gasteiger partial charge in [0.15, 0.2) is 0 Å². The molecule has 0 aliphatic rings. The van der Waals surface area contributed by atoms with E-state index in [1.54, 1.807) is 19.5 Å². The number of methoxy groups -OCH3 is 1. The van der Waals surface area contributed by atoms with Crippen LogP contribution in [0.1, 0.15) is 5.56 Å². The summed E-state index contributed by atoms with van der Waals surface area (Å²) in [5.74, 6) is 1.34. The monoisotopic (exact) mass is 370 g/mol. The summed E-state index contributed by atoms with van der Waals surface area (Å²) in [5.41, 5.74) is 3.08. The Labute approximate surface area is 161 Å². The van der Waals surface area contributed by atoms with Gasteiger partial charge < -0.3 is 10.1 Å². The first kappa shape index (κ1) is 16.5. The summed E-state index contributed by atoms with van der Waals surface area (Å²) in [6.07, 6.45) is 7.62. The molecule has 5 aromatic rings. The number of anilines is 2. The van der Waals surface area contributed by atoms with Crippen LogP contribution in [0.4, 0.5) is 11.5 Å². The zero-order valence-corrected chi connectivity index (χ0v) is 15.3. The van der Waals surface area contributed by atoms with E-state index in [0.717, 1.165) is 38.7 Å². The van der Waals surface area contributed by atoms with Gasteiger partial charge in [0.1, 0.15) is 5.82 Å². The third kappa shape index (κ3) is 3.08. The highest BCUT2D eigenvalue weighted by Gasteiger charge is 2.06. The van der Waals surface area contributed by atoms with Crippen molar-refractivity contribution >= 4 is 33.2 Å². The summed E-state index contributed by atoms with van der Waals surface area (Å²) < 4.78 is 7.15. The summed E-state index contributed by atoms with van der Waals surface area (Å²) in [6, 6.07) is 14.1. The minimum atomic E-state index is 0.595. The lowest BCUT2D eigenvalue weighted by Gasteiger charge is -2.07. The zero-order chi connectivity index (χ0) is 18.9. The van der Waals surface area contributed by atoms with Gasteiger partial charge in [-0.15, -0.1) is 0 Å². The van der Waals surface area contributed by atoms with Gasteiger partial charge in [0, 0.05) is 42.2 Å². The molecule has 0 atom stereocenters. The van der Waals surface area contributed by atoms with Crippen molar-refractivity contribution in [3.8, 4) is 5.95 Å². The third-order valence-corrected chi connectivity index (χ3v) is 4.60. The van der Waals surface area contributed by atoms with Crippen molar-refractivity contribution in [1.82, 2.24) is 24.7 Å². The normalized spacial score (nSPS) is 11.3. The second-order valence-electron chi connectivity index (χ2n) is 6.60. The molecular formula is C21H18N6O. The van der Waals surface area contributed by atoms with Crippen LogP contribution in [0.15, 0.2) is 67.3 Å². The molecule has 7 heteroatoms. The topological polar surface area (TPSA) is 80.6 Å². The Hall–Kier alpha value is -3.71. The molecule has 28 heavy (non-hydrogen) atoms. The molecule has 0 aliphatic carbocycles. The largest absolute Gasteiger partial charge is 0.380 e. The summed E-state index contributed by atoms with van der Waals surface area (Å²) in [7, 11) is 1.70. The number of fused-ring (bicyclic) bond motifs is 2. The molecule has 0 fully saturated rings. The lowest BCUT2D eigenvalue weighted by Crippen LogP contribution is -2.01. The van der Waals surface area contributed by atoms with E-state index >= 15 is 0 Å². The number of aromatic amines is 1. The van der Waals surface area contributed by atoms with Crippen molar-refractivity contribution in [2.45, 2.75) is 6.61 Å². The summed E-state index contributed by atoms with van der Waals surface area (Å²) in [4.78, 5) is 9.07. The number of hydrogen-bond acceptors (Lipinski definition) is 5. The zero-order valence-electron chi connectivity index (χ0n) is 15.3. The van der Waals surface area contributed by atoms with E-state index in [-0.39, 0.29) is 0 Å². The van der Waals surface area contributed by atoms with Gasteiger partial charge in [0.2, 0.25) is 5.95 Å². The van der Waals surface area contributed by atoms with E-state index in [9.17, 15) is 0 Å². The Kier molecular flexibility index (Phi) is 3.99. The van der Waals surface area contributed by atoms with E-state index in [4.69, 9.17) is 4.74 Å². The standard InChI is InChI=1S/C21H18N6O/c1-28-13-14-2-3-15-11-27(12-17(15)8-14)21-22-7-6-20(25-21)24-18-4-5-19-16(9-18)10-23-26-19/h2-12H,13H2,1H3,(H,23,26)(H,22,24,25). The Morgan fingerprint density at radius 3 is 2.89 bits per heavy atom. The summed E-state index contributed by atoms with van der Waals surface area (Å²) in [5, 5.41) is 13.6. The van der Waals surface area contributed by atoms with E-state index < -0.39 is 0 Å².